The highest BCUT2D eigenvalue weighted by Gasteiger charge is 2.40. The van der Waals surface area contributed by atoms with Gasteiger partial charge in [0.1, 0.15) is 6.54 Å². The lowest BCUT2D eigenvalue weighted by Gasteiger charge is -2.27. The normalized spacial score (nSPS) is 18.5. The number of nitrogens with one attached hydrogen (secondary N) is 1. The van der Waals surface area contributed by atoms with Crippen molar-refractivity contribution in [3.05, 3.63) is 70.9 Å². The van der Waals surface area contributed by atoms with Gasteiger partial charge in [0, 0.05) is 54.4 Å². The van der Waals surface area contributed by atoms with E-state index in [1.54, 1.807) is 4.90 Å². The maximum Gasteiger partial charge on any atom is 0.255 e. The van der Waals surface area contributed by atoms with Gasteiger partial charge in [0.05, 0.1) is 19.3 Å². The first-order valence-corrected chi connectivity index (χ1v) is 12.1. The zero-order valence-corrected chi connectivity index (χ0v) is 19.9. The molecule has 1 saturated heterocycles. The molecule has 7 nitrogen and oxygen atoms in total. The quantitative estimate of drug-likeness (QED) is 0.551. The Morgan fingerprint density at radius 1 is 1.09 bits per heavy atom. The highest BCUT2D eigenvalue weighted by Crippen LogP contribution is 2.43. The van der Waals surface area contributed by atoms with E-state index in [0.717, 1.165) is 67.0 Å². The Bertz CT molecular complexity index is 1210. The summed E-state index contributed by atoms with van der Waals surface area (Å²) >= 11 is 0. The first kappa shape index (κ1) is 22.6. The molecule has 3 aromatic rings. The molecule has 2 aliphatic heterocycles. The molecule has 0 unspecified atom stereocenters. The van der Waals surface area contributed by atoms with Crippen molar-refractivity contribution in [3.63, 3.8) is 0 Å². The number of para-hydroxylation sites is 1. The zero-order valence-electron chi connectivity index (χ0n) is 19.9. The summed E-state index contributed by atoms with van der Waals surface area (Å²) in [7, 11) is 2.05. The Hall–Kier alpha value is -3.16. The van der Waals surface area contributed by atoms with Gasteiger partial charge in [-0.3, -0.25) is 14.5 Å². The van der Waals surface area contributed by atoms with Crippen LogP contribution in [-0.4, -0.2) is 72.1 Å². The predicted molar refractivity (Wildman–Crippen MR) is 132 cm³/mol. The lowest BCUT2D eigenvalue weighted by molar-refractivity contribution is -0.122. The number of amides is 2. The average Bonchev–Trinajstić information content (AvgIpc) is 3.28. The molecule has 1 N–H and O–H groups in total. The van der Waals surface area contributed by atoms with Crippen molar-refractivity contribution < 1.29 is 14.3 Å². The molecule has 0 aliphatic carbocycles. The molecule has 3 heterocycles. The van der Waals surface area contributed by atoms with Crippen LogP contribution >= 0.6 is 0 Å². The molecule has 2 aromatic carbocycles. The van der Waals surface area contributed by atoms with E-state index < -0.39 is 0 Å². The van der Waals surface area contributed by atoms with E-state index in [1.807, 2.05) is 36.4 Å². The lowest BCUT2D eigenvalue weighted by Crippen LogP contribution is -2.41. The van der Waals surface area contributed by atoms with E-state index in [4.69, 9.17) is 4.74 Å². The molecule has 1 atom stereocenters. The number of aryl methyl sites for hydroxylation is 1. The van der Waals surface area contributed by atoms with E-state index in [0.29, 0.717) is 12.1 Å². The van der Waals surface area contributed by atoms with Crippen LogP contribution in [0, 0.1) is 6.92 Å². The molecule has 1 fully saturated rings. The number of hydrogen-bond donors (Lipinski definition) is 1. The zero-order chi connectivity index (χ0) is 23.7. The smallest absolute Gasteiger partial charge is 0.255 e. The summed E-state index contributed by atoms with van der Waals surface area (Å²) in [5.41, 5.74) is 4.97. The van der Waals surface area contributed by atoms with Crippen molar-refractivity contribution in [2.45, 2.75) is 19.4 Å². The van der Waals surface area contributed by atoms with Gasteiger partial charge < -0.3 is 19.5 Å². The molecule has 0 radical (unpaired) electrons. The van der Waals surface area contributed by atoms with Crippen LogP contribution in [0.15, 0.2) is 48.5 Å². The Balaban J connectivity index is 1.36. The van der Waals surface area contributed by atoms with Gasteiger partial charge in [0.25, 0.3) is 5.91 Å². The van der Waals surface area contributed by atoms with Crippen molar-refractivity contribution in [1.29, 1.82) is 0 Å². The topological polar surface area (TPSA) is 66.8 Å². The minimum Gasteiger partial charge on any atom is -0.379 e. The Morgan fingerprint density at radius 3 is 2.65 bits per heavy atom. The molecule has 0 bridgehead atoms. The van der Waals surface area contributed by atoms with Gasteiger partial charge in [-0.15, -0.1) is 0 Å². The molecule has 5 rings (SSSR count). The molecular formula is C27H32N4O3. The Labute approximate surface area is 200 Å². The minimum atomic E-state index is -0.283. The number of carbonyl (C=O) groups excluding carboxylic acids is 2. The van der Waals surface area contributed by atoms with Crippen LogP contribution in [0.1, 0.15) is 39.6 Å². The van der Waals surface area contributed by atoms with Crippen LogP contribution in [-0.2, 0) is 16.6 Å². The molecule has 2 amide bonds. The third kappa shape index (κ3) is 4.10. The van der Waals surface area contributed by atoms with Gasteiger partial charge in [-0.1, -0.05) is 36.4 Å². The fraction of sp³-hybridized carbons (Fsp3) is 0.407. The van der Waals surface area contributed by atoms with Crippen molar-refractivity contribution >= 4 is 22.7 Å². The standard InChI is InChI=1S/C27H32N4O3/c1-19-25(22-10-5-6-11-23(22)29(19)2)26-20-8-3-4-9-21(20)27(33)31(26)18-24(32)28-12-7-13-30-14-16-34-17-15-30/h3-6,8-11,26H,7,12-18H2,1-2H3,(H,28,32)/t26-/m1/s1. The number of fused-ring (bicyclic) bond motifs is 2. The molecule has 34 heavy (non-hydrogen) atoms. The third-order valence-electron chi connectivity index (χ3n) is 7.17. The van der Waals surface area contributed by atoms with Crippen molar-refractivity contribution in [3.8, 4) is 0 Å². The van der Waals surface area contributed by atoms with Crippen LogP contribution in [0.4, 0.5) is 0 Å². The number of rotatable bonds is 7. The number of nitrogens with zero attached hydrogens (tertiary/aromatic N) is 3. The maximum atomic E-state index is 13.4. The Kier molecular flexibility index (Phi) is 6.39. The van der Waals surface area contributed by atoms with E-state index in [2.05, 4.69) is 40.9 Å². The highest BCUT2D eigenvalue weighted by atomic mass is 16.5. The summed E-state index contributed by atoms with van der Waals surface area (Å²) in [6.07, 6.45) is 0.881. The van der Waals surface area contributed by atoms with Crippen molar-refractivity contribution in [1.82, 2.24) is 19.7 Å². The van der Waals surface area contributed by atoms with Gasteiger partial charge in [0.15, 0.2) is 0 Å². The summed E-state index contributed by atoms with van der Waals surface area (Å²) in [5, 5.41) is 4.15. The molecule has 2 aliphatic rings. The van der Waals surface area contributed by atoms with Crippen LogP contribution in [0.2, 0.25) is 0 Å². The van der Waals surface area contributed by atoms with E-state index in [-0.39, 0.29) is 24.4 Å². The number of ether oxygens (including phenoxy) is 1. The summed E-state index contributed by atoms with van der Waals surface area (Å²) in [5.74, 6) is -0.206. The second-order valence-corrected chi connectivity index (χ2v) is 9.16. The third-order valence-corrected chi connectivity index (χ3v) is 7.17. The SMILES string of the molecule is Cc1c([C@H]2c3ccccc3C(=O)N2CC(=O)NCCCN2CCOCC2)c2ccccc2n1C. The summed E-state index contributed by atoms with van der Waals surface area (Å²) in [6, 6.07) is 15.7. The maximum absolute atomic E-state index is 13.4. The lowest BCUT2D eigenvalue weighted by atomic mass is 9.95. The van der Waals surface area contributed by atoms with Gasteiger partial charge in [-0.2, -0.15) is 0 Å². The van der Waals surface area contributed by atoms with E-state index in [9.17, 15) is 9.59 Å². The molecule has 0 saturated carbocycles. The average molecular weight is 461 g/mol. The van der Waals surface area contributed by atoms with Crippen molar-refractivity contribution in [2.75, 3.05) is 45.9 Å². The molecule has 1 aromatic heterocycles. The summed E-state index contributed by atoms with van der Waals surface area (Å²) in [6.45, 7) is 7.11. The number of benzene rings is 2. The first-order valence-electron chi connectivity index (χ1n) is 12.1. The first-order chi connectivity index (χ1) is 16.6. The van der Waals surface area contributed by atoms with E-state index >= 15 is 0 Å². The highest BCUT2D eigenvalue weighted by molar-refractivity contribution is 6.02. The molecule has 7 heteroatoms. The van der Waals surface area contributed by atoms with Crippen LogP contribution in [0.3, 0.4) is 0 Å². The van der Waals surface area contributed by atoms with Crippen LogP contribution in [0.5, 0.6) is 0 Å². The fourth-order valence-corrected chi connectivity index (χ4v) is 5.31. The summed E-state index contributed by atoms with van der Waals surface area (Å²) in [4.78, 5) is 30.5. The monoisotopic (exact) mass is 460 g/mol. The summed E-state index contributed by atoms with van der Waals surface area (Å²) < 4.78 is 7.55. The van der Waals surface area contributed by atoms with E-state index in [1.165, 1.54) is 0 Å². The Morgan fingerprint density at radius 2 is 1.82 bits per heavy atom. The van der Waals surface area contributed by atoms with Crippen LogP contribution in [0.25, 0.3) is 10.9 Å². The predicted octanol–water partition coefficient (Wildman–Crippen LogP) is 2.87. The van der Waals surface area contributed by atoms with Gasteiger partial charge >= 0.3 is 0 Å². The second kappa shape index (κ2) is 9.60. The number of morpholine rings is 1. The number of hydrogen-bond acceptors (Lipinski definition) is 4. The number of aromatic nitrogens is 1. The van der Waals surface area contributed by atoms with Crippen molar-refractivity contribution in [2.24, 2.45) is 7.05 Å². The van der Waals surface area contributed by atoms with Gasteiger partial charge in [-0.05, 0) is 37.6 Å². The second-order valence-electron chi connectivity index (χ2n) is 9.16. The largest absolute Gasteiger partial charge is 0.379 e. The molecule has 178 valence electrons. The number of carbonyl (C=O) groups is 2. The molecule has 0 spiro atoms. The minimum absolute atomic E-state index is 0.0401. The fourth-order valence-electron chi connectivity index (χ4n) is 5.31. The molecular weight excluding hydrogens is 428 g/mol. The van der Waals surface area contributed by atoms with Gasteiger partial charge in [-0.25, -0.2) is 0 Å². The van der Waals surface area contributed by atoms with Gasteiger partial charge in [0.2, 0.25) is 5.91 Å². The van der Waals surface area contributed by atoms with Crippen LogP contribution < -0.4 is 5.32 Å².